The van der Waals surface area contributed by atoms with Crippen molar-refractivity contribution in [3.05, 3.63) is 12.7 Å². The van der Waals surface area contributed by atoms with Crippen LogP contribution in [-0.4, -0.2) is 42.9 Å². The Bertz CT molecular complexity index is 205. The van der Waals surface area contributed by atoms with Crippen molar-refractivity contribution in [2.24, 2.45) is 0 Å². The third-order valence-electron chi connectivity index (χ3n) is 3.98. The number of nitrogens with zero attached hydrogens (tertiary/aromatic N) is 1. The van der Waals surface area contributed by atoms with Crippen LogP contribution in [0, 0.1) is 0 Å². The van der Waals surface area contributed by atoms with E-state index in [4.69, 9.17) is 5.11 Å². The van der Waals surface area contributed by atoms with Crippen molar-refractivity contribution >= 4 is 0 Å². The van der Waals surface area contributed by atoms with Gasteiger partial charge in [0.05, 0.1) is 26.7 Å². The van der Waals surface area contributed by atoms with E-state index in [2.05, 4.69) is 20.6 Å². The molecule has 0 aromatic carbocycles. The third kappa shape index (κ3) is 11.2. The number of hydrogen-bond donors (Lipinski definition) is 1. The molecule has 0 rings (SSSR count). The fraction of sp³-hybridized carbons (Fsp3) is 0.882. The number of rotatable bonds is 14. The first-order valence-electron chi connectivity index (χ1n) is 8.24. The van der Waals surface area contributed by atoms with Crippen molar-refractivity contribution in [3.63, 3.8) is 0 Å². The van der Waals surface area contributed by atoms with E-state index >= 15 is 0 Å². The van der Waals surface area contributed by atoms with Crippen LogP contribution >= 0.6 is 0 Å². The van der Waals surface area contributed by atoms with Crippen LogP contribution < -0.4 is 0 Å². The van der Waals surface area contributed by atoms with Gasteiger partial charge in [-0.05, 0) is 18.9 Å². The lowest BCUT2D eigenvalue weighted by atomic mass is 10.1. The summed E-state index contributed by atoms with van der Waals surface area (Å²) >= 11 is 0. The maximum Gasteiger partial charge on any atom is 0.0969 e. The van der Waals surface area contributed by atoms with Crippen LogP contribution in [0.2, 0.25) is 0 Å². The summed E-state index contributed by atoms with van der Waals surface area (Å²) < 4.78 is 1.04. The van der Waals surface area contributed by atoms with Gasteiger partial charge in [-0.25, -0.2) is 0 Å². The average molecular weight is 270 g/mol. The Balaban J connectivity index is 3.60. The zero-order valence-corrected chi connectivity index (χ0v) is 13.4. The molecular formula is C17H36NO+. The zero-order valence-electron chi connectivity index (χ0n) is 13.4. The van der Waals surface area contributed by atoms with E-state index in [9.17, 15) is 0 Å². The Morgan fingerprint density at radius 3 is 1.95 bits per heavy atom. The average Bonchev–Trinajstić information content (AvgIpc) is 2.40. The summed E-state index contributed by atoms with van der Waals surface area (Å²) in [5, 5.41) is 8.97. The smallest absolute Gasteiger partial charge is 0.0969 e. The lowest BCUT2D eigenvalue weighted by Crippen LogP contribution is -2.45. The molecule has 2 nitrogen and oxygen atoms in total. The molecule has 0 heterocycles. The van der Waals surface area contributed by atoms with Crippen molar-refractivity contribution in [1.29, 1.82) is 0 Å². The van der Waals surface area contributed by atoms with Gasteiger partial charge in [-0.2, -0.15) is 0 Å². The van der Waals surface area contributed by atoms with E-state index in [0.29, 0.717) is 6.61 Å². The number of quaternary nitrogens is 1. The second kappa shape index (κ2) is 12.7. The fourth-order valence-corrected chi connectivity index (χ4v) is 2.69. The first-order valence-corrected chi connectivity index (χ1v) is 8.24. The van der Waals surface area contributed by atoms with Crippen LogP contribution in [0.5, 0.6) is 0 Å². The minimum absolute atomic E-state index is 0.308. The molecule has 0 bridgehead atoms. The number of hydrogen-bond acceptors (Lipinski definition) is 1. The van der Waals surface area contributed by atoms with Crippen LogP contribution in [0.15, 0.2) is 12.7 Å². The summed E-state index contributed by atoms with van der Waals surface area (Å²) in [4.78, 5) is 0. The number of unbranched alkanes of at least 4 members (excludes halogenated alkanes) is 7. The van der Waals surface area contributed by atoms with Crippen LogP contribution in [0.4, 0.5) is 0 Å². The van der Waals surface area contributed by atoms with Gasteiger partial charge in [-0.1, -0.05) is 52.0 Å². The molecule has 0 saturated heterocycles. The van der Waals surface area contributed by atoms with Gasteiger partial charge in [0.2, 0.25) is 0 Å². The first kappa shape index (κ1) is 18.7. The molecule has 0 fully saturated rings. The normalized spacial score (nSPS) is 14.3. The standard InChI is InChI=1S/C17H36NO/c1-4-6-7-8-9-10-11-12-15-18(3,14-5-2)16-13-17-19/h5,19H,2,4,6-17H2,1,3H3/q+1. The Morgan fingerprint density at radius 1 is 0.895 bits per heavy atom. The molecule has 0 spiro atoms. The highest BCUT2D eigenvalue weighted by Gasteiger charge is 2.18. The highest BCUT2D eigenvalue weighted by Crippen LogP contribution is 2.12. The van der Waals surface area contributed by atoms with Crippen LogP contribution in [-0.2, 0) is 0 Å². The lowest BCUT2D eigenvalue weighted by Gasteiger charge is -2.33. The van der Waals surface area contributed by atoms with Crippen molar-refractivity contribution in [2.75, 3.05) is 33.3 Å². The van der Waals surface area contributed by atoms with Gasteiger partial charge >= 0.3 is 0 Å². The molecule has 1 unspecified atom stereocenters. The molecule has 0 aliphatic heterocycles. The summed E-state index contributed by atoms with van der Waals surface area (Å²) in [5.74, 6) is 0. The molecule has 0 aliphatic carbocycles. The molecule has 0 amide bonds. The maximum absolute atomic E-state index is 8.97. The van der Waals surface area contributed by atoms with Gasteiger partial charge in [0, 0.05) is 13.0 Å². The summed E-state index contributed by atoms with van der Waals surface area (Å²) in [7, 11) is 2.29. The van der Waals surface area contributed by atoms with Gasteiger partial charge in [0.15, 0.2) is 0 Å². The maximum atomic E-state index is 8.97. The van der Waals surface area contributed by atoms with E-state index in [0.717, 1.165) is 24.0 Å². The van der Waals surface area contributed by atoms with E-state index in [-0.39, 0.29) is 0 Å². The Labute approximate surface area is 121 Å². The number of aliphatic hydroxyl groups is 1. The monoisotopic (exact) mass is 270 g/mol. The van der Waals surface area contributed by atoms with Crippen LogP contribution in [0.1, 0.15) is 64.7 Å². The molecule has 0 aromatic heterocycles. The van der Waals surface area contributed by atoms with Crippen LogP contribution in [0.25, 0.3) is 0 Å². The van der Waals surface area contributed by atoms with Gasteiger partial charge in [-0.15, -0.1) is 0 Å². The third-order valence-corrected chi connectivity index (χ3v) is 3.98. The lowest BCUT2D eigenvalue weighted by molar-refractivity contribution is -0.904. The van der Waals surface area contributed by atoms with Gasteiger partial charge in [0.25, 0.3) is 0 Å². The van der Waals surface area contributed by atoms with Crippen molar-refractivity contribution < 1.29 is 9.59 Å². The van der Waals surface area contributed by atoms with Gasteiger partial charge in [0.1, 0.15) is 0 Å². The number of aliphatic hydroxyl groups excluding tert-OH is 1. The predicted molar refractivity (Wildman–Crippen MR) is 85.3 cm³/mol. The quantitative estimate of drug-likeness (QED) is 0.286. The molecular weight excluding hydrogens is 234 g/mol. The minimum atomic E-state index is 0.308. The first-order chi connectivity index (χ1) is 9.18. The number of likely N-dealkylation sites (N-methyl/N-ethyl adjacent to an activating group) is 1. The van der Waals surface area contributed by atoms with Gasteiger partial charge in [-0.3, -0.25) is 0 Å². The molecule has 0 saturated carbocycles. The molecule has 0 aliphatic rings. The summed E-state index contributed by atoms with van der Waals surface area (Å²) in [6.45, 7) is 9.75. The molecule has 1 N–H and O–H groups in total. The zero-order chi connectivity index (χ0) is 14.4. The van der Waals surface area contributed by atoms with E-state index in [1.165, 1.54) is 57.9 Å². The highest BCUT2D eigenvalue weighted by molar-refractivity contribution is 4.65. The highest BCUT2D eigenvalue weighted by atomic mass is 16.3. The predicted octanol–water partition coefficient (Wildman–Crippen LogP) is 4.14. The second-order valence-electron chi connectivity index (χ2n) is 6.09. The van der Waals surface area contributed by atoms with Crippen LogP contribution in [0.3, 0.4) is 0 Å². The Morgan fingerprint density at radius 2 is 1.42 bits per heavy atom. The second-order valence-corrected chi connectivity index (χ2v) is 6.09. The minimum Gasteiger partial charge on any atom is -0.396 e. The molecule has 1 atom stereocenters. The molecule has 0 radical (unpaired) electrons. The van der Waals surface area contributed by atoms with Crippen molar-refractivity contribution in [1.82, 2.24) is 0 Å². The van der Waals surface area contributed by atoms with E-state index in [1.54, 1.807) is 0 Å². The summed E-state index contributed by atoms with van der Waals surface area (Å²) in [6.07, 6.45) is 13.9. The topological polar surface area (TPSA) is 20.2 Å². The SMILES string of the molecule is C=CC[N+](C)(CCCO)CCCCCCCCCC. The molecule has 2 heteroatoms. The van der Waals surface area contributed by atoms with Crippen molar-refractivity contribution in [2.45, 2.75) is 64.7 Å². The van der Waals surface area contributed by atoms with E-state index in [1.807, 2.05) is 6.08 Å². The Hall–Kier alpha value is -0.340. The molecule has 0 aromatic rings. The largest absolute Gasteiger partial charge is 0.396 e. The summed E-state index contributed by atoms with van der Waals surface area (Å²) in [5.41, 5.74) is 0. The van der Waals surface area contributed by atoms with Crippen molar-refractivity contribution in [3.8, 4) is 0 Å². The fourth-order valence-electron chi connectivity index (χ4n) is 2.69. The Kier molecular flexibility index (Phi) is 12.5. The molecule has 19 heavy (non-hydrogen) atoms. The molecule has 114 valence electrons. The van der Waals surface area contributed by atoms with Gasteiger partial charge < -0.3 is 9.59 Å². The van der Waals surface area contributed by atoms with E-state index < -0.39 is 0 Å². The summed E-state index contributed by atoms with van der Waals surface area (Å²) in [6, 6.07) is 0.